The molecule has 4 nitrogen and oxygen atoms in total. The van der Waals surface area contributed by atoms with Crippen LogP contribution in [-0.4, -0.2) is 34.9 Å². The Hall–Kier alpha value is -1.81. The number of rotatable bonds is 4. The predicted molar refractivity (Wildman–Crippen MR) is 89.6 cm³/mol. The molecule has 118 valence electrons. The third kappa shape index (κ3) is 3.02. The first kappa shape index (κ1) is 15.1. The monoisotopic (exact) mass is 299 g/mol. The zero-order valence-corrected chi connectivity index (χ0v) is 13.2. The van der Waals surface area contributed by atoms with Crippen molar-refractivity contribution in [2.24, 2.45) is 11.7 Å². The van der Waals surface area contributed by atoms with Gasteiger partial charge in [-0.3, -0.25) is 4.79 Å². The fourth-order valence-corrected chi connectivity index (χ4v) is 3.46. The van der Waals surface area contributed by atoms with Crippen LogP contribution in [0.1, 0.15) is 31.7 Å². The number of nitrogens with one attached hydrogen (secondary N) is 1. The number of aromatic nitrogens is 1. The lowest BCUT2D eigenvalue weighted by Gasteiger charge is -2.33. The minimum absolute atomic E-state index is 0.100. The standard InChI is InChI=1S/C18H25N3O/c1-2-13-6-5-9-21(12-13)18(22)16(19)10-14-11-20-17-8-4-3-7-15(14)17/h3-4,7-8,11,13,16,20H,2,5-6,9-10,12,19H2,1H3/t13?,16-/m0/s1. The average Bonchev–Trinajstić information content (AvgIpc) is 2.97. The van der Waals surface area contributed by atoms with Gasteiger partial charge in [0.1, 0.15) is 0 Å². The van der Waals surface area contributed by atoms with E-state index in [2.05, 4.69) is 18.0 Å². The maximum atomic E-state index is 12.6. The van der Waals surface area contributed by atoms with Crippen LogP contribution in [0.5, 0.6) is 0 Å². The van der Waals surface area contributed by atoms with E-state index in [0.29, 0.717) is 12.3 Å². The van der Waals surface area contributed by atoms with Crippen LogP contribution in [0, 0.1) is 5.92 Å². The number of para-hydroxylation sites is 1. The van der Waals surface area contributed by atoms with Crippen molar-refractivity contribution in [1.29, 1.82) is 0 Å². The van der Waals surface area contributed by atoms with Crippen LogP contribution in [-0.2, 0) is 11.2 Å². The lowest BCUT2D eigenvalue weighted by Crippen LogP contribution is -2.48. The number of fused-ring (bicyclic) bond motifs is 1. The molecular formula is C18H25N3O. The summed E-state index contributed by atoms with van der Waals surface area (Å²) in [6, 6.07) is 7.69. The van der Waals surface area contributed by atoms with Crippen molar-refractivity contribution < 1.29 is 4.79 Å². The first-order chi connectivity index (χ1) is 10.7. The van der Waals surface area contributed by atoms with Gasteiger partial charge in [0.25, 0.3) is 0 Å². The average molecular weight is 299 g/mol. The number of piperidine rings is 1. The number of nitrogens with zero attached hydrogens (tertiary/aromatic N) is 1. The van der Waals surface area contributed by atoms with E-state index in [0.717, 1.165) is 42.4 Å². The van der Waals surface area contributed by atoms with E-state index in [1.807, 2.05) is 29.3 Å². The molecule has 4 heteroatoms. The molecule has 1 saturated heterocycles. The lowest BCUT2D eigenvalue weighted by molar-refractivity contribution is -0.134. The Morgan fingerprint density at radius 3 is 3.09 bits per heavy atom. The zero-order chi connectivity index (χ0) is 15.5. The number of H-pyrrole nitrogens is 1. The summed E-state index contributed by atoms with van der Waals surface area (Å²) >= 11 is 0. The van der Waals surface area contributed by atoms with Crippen LogP contribution in [0.3, 0.4) is 0 Å². The van der Waals surface area contributed by atoms with E-state index in [1.165, 1.54) is 6.42 Å². The van der Waals surface area contributed by atoms with Gasteiger partial charge < -0.3 is 15.6 Å². The molecule has 2 heterocycles. The van der Waals surface area contributed by atoms with Gasteiger partial charge in [-0.2, -0.15) is 0 Å². The highest BCUT2D eigenvalue weighted by atomic mass is 16.2. The van der Waals surface area contributed by atoms with E-state index >= 15 is 0 Å². The second-order valence-corrected chi connectivity index (χ2v) is 6.37. The van der Waals surface area contributed by atoms with Gasteiger partial charge in [0.2, 0.25) is 5.91 Å². The molecule has 1 unspecified atom stereocenters. The molecule has 0 saturated carbocycles. The third-order valence-electron chi connectivity index (χ3n) is 4.84. The number of likely N-dealkylation sites (tertiary alicyclic amines) is 1. The summed E-state index contributed by atoms with van der Waals surface area (Å²) in [5.74, 6) is 0.737. The molecule has 2 atom stereocenters. The maximum absolute atomic E-state index is 12.6. The van der Waals surface area contributed by atoms with Gasteiger partial charge in [-0.25, -0.2) is 0 Å². The first-order valence-electron chi connectivity index (χ1n) is 8.28. The molecule has 0 spiro atoms. The Balaban J connectivity index is 1.68. The highest BCUT2D eigenvalue weighted by Crippen LogP contribution is 2.22. The summed E-state index contributed by atoms with van der Waals surface area (Å²) in [6.45, 7) is 3.93. The molecule has 3 N–H and O–H groups in total. The van der Waals surface area contributed by atoms with E-state index in [9.17, 15) is 4.79 Å². The van der Waals surface area contributed by atoms with E-state index in [4.69, 9.17) is 5.73 Å². The van der Waals surface area contributed by atoms with Crippen molar-refractivity contribution in [2.75, 3.05) is 13.1 Å². The SMILES string of the molecule is CCC1CCCN(C(=O)[C@@H](N)Cc2c[nH]c3ccccc23)C1. The number of amides is 1. The third-order valence-corrected chi connectivity index (χ3v) is 4.84. The van der Waals surface area contributed by atoms with Gasteiger partial charge in [-0.15, -0.1) is 0 Å². The molecular weight excluding hydrogens is 274 g/mol. The van der Waals surface area contributed by atoms with Crippen LogP contribution >= 0.6 is 0 Å². The molecule has 1 aromatic carbocycles. The maximum Gasteiger partial charge on any atom is 0.239 e. The molecule has 0 radical (unpaired) electrons. The van der Waals surface area contributed by atoms with Crippen molar-refractivity contribution >= 4 is 16.8 Å². The number of carbonyl (C=O) groups is 1. The van der Waals surface area contributed by atoms with Crippen molar-refractivity contribution in [1.82, 2.24) is 9.88 Å². The summed E-state index contributed by atoms with van der Waals surface area (Å²) in [5.41, 5.74) is 8.44. The van der Waals surface area contributed by atoms with Crippen LogP contribution in [0.15, 0.2) is 30.5 Å². The molecule has 0 bridgehead atoms. The van der Waals surface area contributed by atoms with Crippen molar-refractivity contribution in [3.8, 4) is 0 Å². The lowest BCUT2D eigenvalue weighted by atomic mass is 9.94. The van der Waals surface area contributed by atoms with Crippen LogP contribution in [0.4, 0.5) is 0 Å². The largest absolute Gasteiger partial charge is 0.361 e. The molecule has 1 amide bonds. The van der Waals surface area contributed by atoms with Gasteiger partial charge >= 0.3 is 0 Å². The zero-order valence-electron chi connectivity index (χ0n) is 13.2. The Labute approximate surface area is 131 Å². The van der Waals surface area contributed by atoms with Gasteiger partial charge in [0, 0.05) is 30.2 Å². The molecule has 22 heavy (non-hydrogen) atoms. The van der Waals surface area contributed by atoms with Gasteiger partial charge in [0.15, 0.2) is 0 Å². The fourth-order valence-electron chi connectivity index (χ4n) is 3.46. The molecule has 1 aliphatic rings. The number of carbonyl (C=O) groups excluding carboxylic acids is 1. The molecule has 2 aromatic rings. The van der Waals surface area contributed by atoms with Crippen LogP contribution < -0.4 is 5.73 Å². The fraction of sp³-hybridized carbons (Fsp3) is 0.500. The predicted octanol–water partition coefficient (Wildman–Crippen LogP) is 2.69. The minimum atomic E-state index is -0.449. The van der Waals surface area contributed by atoms with E-state index < -0.39 is 6.04 Å². The summed E-state index contributed by atoms with van der Waals surface area (Å²) in [5, 5.41) is 1.16. The highest BCUT2D eigenvalue weighted by Gasteiger charge is 2.26. The summed E-state index contributed by atoms with van der Waals surface area (Å²) in [4.78, 5) is 17.8. The second-order valence-electron chi connectivity index (χ2n) is 6.37. The second kappa shape index (κ2) is 6.53. The first-order valence-corrected chi connectivity index (χ1v) is 8.28. The van der Waals surface area contributed by atoms with Crippen LogP contribution in [0.2, 0.25) is 0 Å². The molecule has 3 rings (SSSR count). The minimum Gasteiger partial charge on any atom is -0.361 e. The highest BCUT2D eigenvalue weighted by molar-refractivity contribution is 5.86. The van der Waals surface area contributed by atoms with Gasteiger partial charge in [-0.05, 0) is 36.8 Å². The Kier molecular flexibility index (Phi) is 4.48. The normalized spacial score (nSPS) is 20.3. The van der Waals surface area contributed by atoms with Crippen molar-refractivity contribution in [2.45, 2.75) is 38.6 Å². The van der Waals surface area contributed by atoms with Crippen LogP contribution in [0.25, 0.3) is 10.9 Å². The van der Waals surface area contributed by atoms with Gasteiger partial charge in [0.05, 0.1) is 6.04 Å². The number of nitrogens with two attached hydrogens (primary N) is 1. The van der Waals surface area contributed by atoms with Crippen molar-refractivity contribution in [3.63, 3.8) is 0 Å². The molecule has 1 fully saturated rings. The number of benzene rings is 1. The van der Waals surface area contributed by atoms with E-state index in [1.54, 1.807) is 0 Å². The number of hydrogen-bond acceptors (Lipinski definition) is 2. The Morgan fingerprint density at radius 2 is 2.27 bits per heavy atom. The summed E-state index contributed by atoms with van der Waals surface area (Å²) in [6.07, 6.45) is 6.04. The smallest absolute Gasteiger partial charge is 0.239 e. The Morgan fingerprint density at radius 1 is 1.45 bits per heavy atom. The number of hydrogen-bond donors (Lipinski definition) is 2. The van der Waals surface area contributed by atoms with E-state index in [-0.39, 0.29) is 5.91 Å². The topological polar surface area (TPSA) is 62.1 Å². The molecule has 0 aliphatic carbocycles. The van der Waals surface area contributed by atoms with Gasteiger partial charge in [-0.1, -0.05) is 31.5 Å². The summed E-state index contributed by atoms with van der Waals surface area (Å²) < 4.78 is 0. The Bertz CT molecular complexity index is 649. The number of aromatic amines is 1. The molecule has 1 aromatic heterocycles. The molecule has 1 aliphatic heterocycles. The summed E-state index contributed by atoms with van der Waals surface area (Å²) in [7, 11) is 0. The van der Waals surface area contributed by atoms with Crippen molar-refractivity contribution in [3.05, 3.63) is 36.0 Å². The quantitative estimate of drug-likeness (QED) is 0.912.